The first-order chi connectivity index (χ1) is 6.36. The van der Waals surface area contributed by atoms with E-state index < -0.39 is 21.8 Å². The van der Waals surface area contributed by atoms with Crippen molar-refractivity contribution < 1.29 is 22.7 Å². The summed E-state index contributed by atoms with van der Waals surface area (Å²) in [4.78, 5) is 10.2. The lowest BCUT2D eigenvalue weighted by atomic mass is 10.3. The van der Waals surface area contributed by atoms with E-state index in [0.29, 0.717) is 0 Å². The van der Waals surface area contributed by atoms with Crippen LogP contribution >= 0.6 is 0 Å². The van der Waals surface area contributed by atoms with Gasteiger partial charge in [0.2, 0.25) is 15.8 Å². The van der Waals surface area contributed by atoms with Crippen molar-refractivity contribution in [3.63, 3.8) is 0 Å². The zero-order chi connectivity index (χ0) is 10.9. The standard InChI is InChI=1S/C7H9NO5S/c1-2-4-6(14(8,11)12)3-5(13-4)7(9)10/h3H,2H2,1H3,(H,9,10)(H2,8,11,12). The summed E-state index contributed by atoms with van der Waals surface area (Å²) in [5.74, 6) is -1.69. The van der Waals surface area contributed by atoms with Crippen LogP contribution in [0.2, 0.25) is 0 Å². The Balaban J connectivity index is 3.37. The molecule has 0 atom stereocenters. The Labute approximate surface area is 80.4 Å². The molecule has 0 saturated heterocycles. The van der Waals surface area contributed by atoms with Crippen molar-refractivity contribution in [2.45, 2.75) is 18.2 Å². The maximum Gasteiger partial charge on any atom is 0.371 e. The highest BCUT2D eigenvalue weighted by Gasteiger charge is 2.21. The topological polar surface area (TPSA) is 111 Å². The summed E-state index contributed by atoms with van der Waals surface area (Å²) in [7, 11) is -3.92. The highest BCUT2D eigenvalue weighted by atomic mass is 32.2. The Kier molecular flexibility index (Phi) is 2.63. The number of aromatic carboxylic acids is 1. The van der Waals surface area contributed by atoms with Crippen LogP contribution in [-0.2, 0) is 16.4 Å². The molecule has 0 aliphatic carbocycles. The number of hydrogen-bond acceptors (Lipinski definition) is 4. The second-order valence-electron chi connectivity index (χ2n) is 2.60. The van der Waals surface area contributed by atoms with E-state index in [-0.39, 0.29) is 17.1 Å². The lowest BCUT2D eigenvalue weighted by Gasteiger charge is -1.94. The molecule has 14 heavy (non-hydrogen) atoms. The largest absolute Gasteiger partial charge is 0.475 e. The van der Waals surface area contributed by atoms with Gasteiger partial charge in [0.05, 0.1) is 0 Å². The number of carboxylic acids is 1. The number of hydrogen-bond donors (Lipinski definition) is 2. The Morgan fingerprint density at radius 1 is 1.64 bits per heavy atom. The number of sulfonamides is 1. The van der Waals surface area contributed by atoms with Crippen molar-refractivity contribution >= 4 is 16.0 Å². The van der Waals surface area contributed by atoms with Crippen LogP contribution in [-0.4, -0.2) is 19.5 Å². The van der Waals surface area contributed by atoms with Gasteiger partial charge in [0.15, 0.2) is 0 Å². The molecule has 0 radical (unpaired) electrons. The van der Waals surface area contributed by atoms with Gasteiger partial charge in [0.25, 0.3) is 0 Å². The number of primary sulfonamides is 1. The Hall–Kier alpha value is -1.34. The average Bonchev–Trinajstić information content (AvgIpc) is 2.46. The molecule has 1 heterocycles. The van der Waals surface area contributed by atoms with E-state index in [0.717, 1.165) is 6.07 Å². The average molecular weight is 219 g/mol. The monoisotopic (exact) mass is 219 g/mol. The quantitative estimate of drug-likeness (QED) is 0.753. The van der Waals surface area contributed by atoms with Crippen LogP contribution in [0.1, 0.15) is 23.2 Å². The van der Waals surface area contributed by atoms with E-state index >= 15 is 0 Å². The predicted octanol–water partition coefficient (Wildman–Crippen LogP) is 0.188. The zero-order valence-electron chi connectivity index (χ0n) is 7.35. The van der Waals surface area contributed by atoms with Crippen molar-refractivity contribution in [2.75, 3.05) is 0 Å². The maximum absolute atomic E-state index is 11.0. The summed E-state index contributed by atoms with van der Waals surface area (Å²) in [6.07, 6.45) is 0.263. The fraction of sp³-hybridized carbons (Fsp3) is 0.286. The van der Waals surface area contributed by atoms with Gasteiger partial charge in [0, 0.05) is 12.5 Å². The minimum Gasteiger partial charge on any atom is -0.475 e. The van der Waals surface area contributed by atoms with Gasteiger partial charge in [-0.05, 0) is 0 Å². The number of nitrogens with two attached hydrogens (primary N) is 1. The third kappa shape index (κ3) is 1.94. The van der Waals surface area contributed by atoms with Crippen LogP contribution in [0.4, 0.5) is 0 Å². The van der Waals surface area contributed by atoms with Crippen molar-refractivity contribution in [1.29, 1.82) is 0 Å². The molecule has 1 aromatic rings. The molecule has 6 nitrogen and oxygen atoms in total. The van der Waals surface area contributed by atoms with E-state index in [4.69, 9.17) is 14.7 Å². The number of carboxylic acid groups (broad SMARTS) is 1. The highest BCUT2D eigenvalue weighted by molar-refractivity contribution is 7.89. The van der Waals surface area contributed by atoms with Crippen molar-refractivity contribution in [1.82, 2.24) is 0 Å². The number of furan rings is 1. The molecular weight excluding hydrogens is 210 g/mol. The van der Waals surface area contributed by atoms with E-state index in [1.165, 1.54) is 0 Å². The third-order valence-electron chi connectivity index (χ3n) is 1.61. The van der Waals surface area contributed by atoms with Gasteiger partial charge in [-0.15, -0.1) is 0 Å². The number of rotatable bonds is 3. The normalized spacial score (nSPS) is 11.6. The second kappa shape index (κ2) is 3.43. The lowest BCUT2D eigenvalue weighted by molar-refractivity contribution is 0.0660. The molecular formula is C7H9NO5S. The molecule has 3 N–H and O–H groups in total. The van der Waals surface area contributed by atoms with E-state index in [1.807, 2.05) is 0 Å². The van der Waals surface area contributed by atoms with Gasteiger partial charge in [-0.3, -0.25) is 0 Å². The molecule has 0 spiro atoms. The highest BCUT2D eigenvalue weighted by Crippen LogP contribution is 2.19. The zero-order valence-corrected chi connectivity index (χ0v) is 8.17. The summed E-state index contributed by atoms with van der Waals surface area (Å²) in [6, 6.07) is 0.913. The molecule has 0 unspecified atom stereocenters. The molecule has 0 fully saturated rings. The first kappa shape index (κ1) is 10.7. The minimum atomic E-state index is -3.92. The van der Waals surface area contributed by atoms with Gasteiger partial charge < -0.3 is 9.52 Å². The smallest absolute Gasteiger partial charge is 0.371 e. The first-order valence-corrected chi connectivity index (χ1v) is 5.29. The Bertz CT molecular complexity index is 458. The van der Waals surface area contributed by atoms with Crippen LogP contribution in [0.25, 0.3) is 0 Å². The molecule has 7 heteroatoms. The maximum atomic E-state index is 11.0. The van der Waals surface area contributed by atoms with Gasteiger partial charge in [-0.2, -0.15) is 0 Å². The first-order valence-electron chi connectivity index (χ1n) is 3.75. The van der Waals surface area contributed by atoms with Gasteiger partial charge >= 0.3 is 5.97 Å². The van der Waals surface area contributed by atoms with Crippen molar-refractivity contribution in [3.05, 3.63) is 17.6 Å². The number of aryl methyl sites for hydroxylation is 1. The SMILES string of the molecule is CCc1oc(C(=O)O)cc1S(N)(=O)=O. The van der Waals surface area contributed by atoms with E-state index in [1.54, 1.807) is 6.92 Å². The fourth-order valence-corrected chi connectivity index (χ4v) is 1.78. The summed E-state index contributed by atoms with van der Waals surface area (Å²) >= 11 is 0. The molecule has 0 aliphatic rings. The predicted molar refractivity (Wildman–Crippen MR) is 46.4 cm³/mol. The minimum absolute atomic E-state index is 0.0601. The summed E-state index contributed by atoms with van der Waals surface area (Å²) in [5, 5.41) is 13.4. The Morgan fingerprint density at radius 3 is 2.50 bits per heavy atom. The van der Waals surface area contributed by atoms with Crippen LogP contribution < -0.4 is 5.14 Å². The molecule has 1 aromatic heterocycles. The van der Waals surface area contributed by atoms with Gasteiger partial charge in [-0.1, -0.05) is 6.92 Å². The van der Waals surface area contributed by atoms with Crippen LogP contribution in [0.5, 0.6) is 0 Å². The molecule has 1 rings (SSSR count). The Morgan fingerprint density at radius 2 is 2.21 bits per heavy atom. The lowest BCUT2D eigenvalue weighted by Crippen LogP contribution is -2.12. The van der Waals surface area contributed by atoms with Crippen LogP contribution in [0.3, 0.4) is 0 Å². The van der Waals surface area contributed by atoms with E-state index in [2.05, 4.69) is 0 Å². The third-order valence-corrected chi connectivity index (χ3v) is 2.57. The molecule has 0 aliphatic heterocycles. The van der Waals surface area contributed by atoms with Crippen molar-refractivity contribution in [3.8, 4) is 0 Å². The van der Waals surface area contributed by atoms with E-state index in [9.17, 15) is 13.2 Å². The van der Waals surface area contributed by atoms with Crippen molar-refractivity contribution in [2.24, 2.45) is 5.14 Å². The fourth-order valence-electron chi connectivity index (χ4n) is 1.00. The molecule has 0 saturated carbocycles. The number of carbonyl (C=O) groups is 1. The molecule has 0 bridgehead atoms. The van der Waals surface area contributed by atoms with Gasteiger partial charge in [0.1, 0.15) is 10.7 Å². The summed E-state index contributed by atoms with van der Waals surface area (Å²) in [6.45, 7) is 1.64. The second-order valence-corrected chi connectivity index (χ2v) is 4.13. The van der Waals surface area contributed by atoms with Crippen LogP contribution in [0.15, 0.2) is 15.4 Å². The summed E-state index contributed by atoms with van der Waals surface area (Å²) < 4.78 is 26.7. The van der Waals surface area contributed by atoms with Gasteiger partial charge in [-0.25, -0.2) is 18.4 Å². The molecule has 0 aromatic carbocycles. The summed E-state index contributed by atoms with van der Waals surface area (Å²) in [5.41, 5.74) is 0. The molecule has 78 valence electrons. The van der Waals surface area contributed by atoms with Crippen LogP contribution in [0, 0.1) is 0 Å². The molecule has 0 amide bonds.